The first-order valence-corrected chi connectivity index (χ1v) is 7.87. The molecule has 0 fully saturated rings. The van der Waals surface area contributed by atoms with Crippen LogP contribution in [-0.2, 0) is 16.3 Å². The van der Waals surface area contributed by atoms with E-state index < -0.39 is 10.8 Å². The van der Waals surface area contributed by atoms with Crippen LogP contribution in [0.5, 0.6) is 0 Å². The Bertz CT molecular complexity index is 853. The van der Waals surface area contributed by atoms with Gasteiger partial charge in [-0.05, 0) is 32.9 Å². The fourth-order valence-corrected chi connectivity index (χ4v) is 3.19. The molecular weight excluding hydrogens is 300 g/mol. The molecule has 22 heavy (non-hydrogen) atoms. The maximum absolute atomic E-state index is 12.8. The van der Waals surface area contributed by atoms with Gasteiger partial charge in [-0.1, -0.05) is 6.07 Å². The minimum atomic E-state index is -1.55. The molecule has 1 unspecified atom stereocenters. The van der Waals surface area contributed by atoms with Gasteiger partial charge in [0.25, 0.3) is 0 Å². The predicted molar refractivity (Wildman–Crippen MR) is 83.6 cm³/mol. The number of nitrogen functional groups attached to an aromatic ring is 1. The molecule has 0 aromatic carbocycles. The number of pyridine rings is 1. The van der Waals surface area contributed by atoms with Crippen molar-refractivity contribution in [3.63, 3.8) is 0 Å². The zero-order chi connectivity index (χ0) is 15.9. The molecule has 3 heterocycles. The van der Waals surface area contributed by atoms with E-state index in [0.717, 1.165) is 0 Å². The molecule has 114 valence electrons. The molecule has 1 atom stereocenters. The minimum Gasteiger partial charge on any atom is -0.383 e. The molecule has 3 aromatic heterocycles. The lowest BCUT2D eigenvalue weighted by molar-refractivity contribution is 0.360. The highest BCUT2D eigenvalue weighted by Crippen LogP contribution is 2.29. The largest absolute Gasteiger partial charge is 0.383 e. The second-order valence-electron chi connectivity index (χ2n) is 5.78. The van der Waals surface area contributed by atoms with E-state index in [-0.39, 0.29) is 11.4 Å². The number of fused-ring (bicyclic) bond motifs is 1. The number of hydrogen-bond acceptors (Lipinski definition) is 6. The van der Waals surface area contributed by atoms with Gasteiger partial charge in [-0.15, -0.1) is 0 Å². The molecule has 2 N–H and O–H groups in total. The molecule has 0 spiro atoms. The van der Waals surface area contributed by atoms with E-state index in [1.807, 2.05) is 20.8 Å². The second kappa shape index (κ2) is 5.13. The van der Waals surface area contributed by atoms with Crippen LogP contribution >= 0.6 is 0 Å². The van der Waals surface area contributed by atoms with Crippen molar-refractivity contribution in [2.24, 2.45) is 0 Å². The van der Waals surface area contributed by atoms with Gasteiger partial charge < -0.3 is 5.73 Å². The van der Waals surface area contributed by atoms with Crippen LogP contribution in [0.4, 0.5) is 5.82 Å². The topological polar surface area (TPSA) is 99.6 Å². The number of anilines is 1. The quantitative estimate of drug-likeness (QED) is 0.773. The van der Waals surface area contributed by atoms with Gasteiger partial charge in [0.1, 0.15) is 28.0 Å². The third-order valence-electron chi connectivity index (χ3n) is 3.10. The van der Waals surface area contributed by atoms with E-state index in [9.17, 15) is 4.21 Å². The van der Waals surface area contributed by atoms with Crippen LogP contribution in [0, 0.1) is 0 Å². The zero-order valence-electron chi connectivity index (χ0n) is 12.5. The summed E-state index contributed by atoms with van der Waals surface area (Å²) in [7, 11) is -1.55. The zero-order valence-corrected chi connectivity index (χ0v) is 13.3. The van der Waals surface area contributed by atoms with E-state index in [2.05, 4.69) is 20.1 Å². The Kier molecular flexibility index (Phi) is 3.40. The molecule has 7 nitrogen and oxygen atoms in total. The van der Waals surface area contributed by atoms with Gasteiger partial charge in [0.05, 0.1) is 10.9 Å². The van der Waals surface area contributed by atoms with Crippen molar-refractivity contribution in [1.29, 1.82) is 0 Å². The highest BCUT2D eigenvalue weighted by Gasteiger charge is 2.26. The molecule has 8 heteroatoms. The third-order valence-corrected chi connectivity index (χ3v) is 4.36. The Morgan fingerprint density at radius 1 is 1.18 bits per heavy atom. The molecular formula is C14H16N6OS. The van der Waals surface area contributed by atoms with Gasteiger partial charge in [-0.2, -0.15) is 5.10 Å². The Morgan fingerprint density at radius 2 is 1.95 bits per heavy atom. The van der Waals surface area contributed by atoms with E-state index in [4.69, 9.17) is 5.73 Å². The van der Waals surface area contributed by atoms with Crippen molar-refractivity contribution in [3.05, 3.63) is 30.7 Å². The van der Waals surface area contributed by atoms with Crippen LogP contribution < -0.4 is 5.73 Å². The van der Waals surface area contributed by atoms with Gasteiger partial charge in [0.2, 0.25) is 0 Å². The smallest absolute Gasteiger partial charge is 0.169 e. The molecule has 0 radical (unpaired) electrons. The summed E-state index contributed by atoms with van der Waals surface area (Å²) in [5.41, 5.74) is 6.21. The highest BCUT2D eigenvalue weighted by atomic mass is 32.2. The number of hydrogen-bond donors (Lipinski definition) is 1. The van der Waals surface area contributed by atoms with Crippen LogP contribution in [0.1, 0.15) is 20.8 Å². The lowest BCUT2D eigenvalue weighted by atomic mass is 10.1. The fraction of sp³-hybridized carbons (Fsp3) is 0.286. The maximum atomic E-state index is 12.8. The van der Waals surface area contributed by atoms with Crippen LogP contribution in [-0.4, -0.2) is 28.9 Å². The van der Waals surface area contributed by atoms with Crippen molar-refractivity contribution in [2.45, 2.75) is 36.4 Å². The Hall–Kier alpha value is -2.35. The summed E-state index contributed by atoms with van der Waals surface area (Å²) in [4.78, 5) is 12.4. The average molecular weight is 316 g/mol. The average Bonchev–Trinajstić information content (AvgIpc) is 2.88. The second-order valence-corrected chi connectivity index (χ2v) is 7.12. The Morgan fingerprint density at radius 3 is 2.59 bits per heavy atom. The predicted octanol–water partition coefficient (Wildman–Crippen LogP) is 1.73. The number of nitrogens with zero attached hydrogens (tertiary/aromatic N) is 5. The van der Waals surface area contributed by atoms with Crippen molar-refractivity contribution in [1.82, 2.24) is 24.7 Å². The van der Waals surface area contributed by atoms with Crippen molar-refractivity contribution < 1.29 is 4.21 Å². The van der Waals surface area contributed by atoms with Crippen molar-refractivity contribution in [2.75, 3.05) is 5.73 Å². The SMILES string of the molecule is CC(C)(C)n1nc(S(=O)c2ccccn2)c2c(N)ncnc21. The molecule has 3 rings (SSSR count). The number of rotatable bonds is 2. The van der Waals surface area contributed by atoms with Gasteiger partial charge in [-0.3, -0.25) is 0 Å². The molecule has 0 amide bonds. The van der Waals surface area contributed by atoms with Gasteiger partial charge in [0, 0.05) is 6.20 Å². The van der Waals surface area contributed by atoms with E-state index in [0.29, 0.717) is 21.1 Å². The molecule has 0 saturated heterocycles. The number of aromatic nitrogens is 5. The summed E-state index contributed by atoms with van der Waals surface area (Å²) in [6.45, 7) is 5.97. The molecule has 0 aliphatic heterocycles. The fourth-order valence-electron chi connectivity index (χ4n) is 2.10. The molecule has 3 aromatic rings. The van der Waals surface area contributed by atoms with Crippen LogP contribution in [0.15, 0.2) is 40.8 Å². The van der Waals surface area contributed by atoms with Crippen LogP contribution in [0.25, 0.3) is 11.0 Å². The summed E-state index contributed by atoms with van der Waals surface area (Å²) in [5, 5.41) is 5.76. The summed E-state index contributed by atoms with van der Waals surface area (Å²) in [5.74, 6) is 0.264. The lowest BCUT2D eigenvalue weighted by Crippen LogP contribution is -2.23. The minimum absolute atomic E-state index is 0.264. The first-order valence-electron chi connectivity index (χ1n) is 6.72. The van der Waals surface area contributed by atoms with Crippen molar-refractivity contribution in [3.8, 4) is 0 Å². The third kappa shape index (κ3) is 2.35. The number of nitrogens with two attached hydrogens (primary N) is 1. The van der Waals surface area contributed by atoms with Gasteiger partial charge in [0.15, 0.2) is 10.7 Å². The van der Waals surface area contributed by atoms with E-state index >= 15 is 0 Å². The van der Waals surface area contributed by atoms with Crippen LogP contribution in [0.3, 0.4) is 0 Å². The molecule has 0 aliphatic carbocycles. The van der Waals surface area contributed by atoms with Crippen molar-refractivity contribution >= 4 is 27.7 Å². The Labute approximate surface area is 130 Å². The lowest BCUT2D eigenvalue weighted by Gasteiger charge is -2.19. The van der Waals surface area contributed by atoms with Gasteiger partial charge in [-0.25, -0.2) is 23.8 Å². The standard InChI is InChI=1S/C14H16N6OS/c1-14(2,3)20-12-10(11(15)17-8-18-12)13(19-20)22(21)9-6-4-5-7-16-9/h4-8H,1-3H3,(H2,15,17,18). The maximum Gasteiger partial charge on any atom is 0.169 e. The van der Waals surface area contributed by atoms with Gasteiger partial charge >= 0.3 is 0 Å². The molecule has 0 bridgehead atoms. The molecule has 0 saturated carbocycles. The summed E-state index contributed by atoms with van der Waals surface area (Å²) in [6.07, 6.45) is 2.98. The molecule has 0 aliphatic rings. The Balaban J connectivity index is 2.29. The summed E-state index contributed by atoms with van der Waals surface area (Å²) >= 11 is 0. The monoisotopic (exact) mass is 316 g/mol. The first-order chi connectivity index (χ1) is 10.4. The first kappa shape index (κ1) is 14.6. The van der Waals surface area contributed by atoms with E-state index in [1.54, 1.807) is 29.1 Å². The van der Waals surface area contributed by atoms with E-state index in [1.165, 1.54) is 6.33 Å². The van der Waals surface area contributed by atoms with Crippen LogP contribution in [0.2, 0.25) is 0 Å². The summed E-state index contributed by atoms with van der Waals surface area (Å²) < 4.78 is 14.5. The normalized spacial score (nSPS) is 13.4. The highest BCUT2D eigenvalue weighted by molar-refractivity contribution is 7.85. The summed E-state index contributed by atoms with van der Waals surface area (Å²) in [6, 6.07) is 5.24.